The average molecular weight is 254 g/mol. The zero-order valence-electron chi connectivity index (χ0n) is 13.2. The largest absolute Gasteiger partial charge is 0.315 e. The van der Waals surface area contributed by atoms with E-state index in [9.17, 15) is 0 Å². The Balaban J connectivity index is 2.28. The van der Waals surface area contributed by atoms with E-state index in [2.05, 4.69) is 44.8 Å². The van der Waals surface area contributed by atoms with Gasteiger partial charge in [-0.3, -0.25) is 4.90 Å². The first kappa shape index (κ1) is 16.0. The molecule has 0 aromatic heterocycles. The molecule has 0 aliphatic carbocycles. The van der Waals surface area contributed by atoms with E-state index in [-0.39, 0.29) is 0 Å². The molecule has 1 fully saturated rings. The van der Waals surface area contributed by atoms with Crippen LogP contribution in [0.15, 0.2) is 0 Å². The molecular formula is C16H34N2. The van der Waals surface area contributed by atoms with Gasteiger partial charge in [-0.1, -0.05) is 27.7 Å². The van der Waals surface area contributed by atoms with E-state index in [4.69, 9.17) is 0 Å². The molecule has 1 heterocycles. The molecule has 18 heavy (non-hydrogen) atoms. The zero-order chi connectivity index (χ0) is 13.5. The fourth-order valence-electron chi connectivity index (χ4n) is 2.96. The third kappa shape index (κ3) is 5.71. The Morgan fingerprint density at radius 2 is 1.72 bits per heavy atom. The van der Waals surface area contributed by atoms with Crippen LogP contribution in [0.3, 0.4) is 0 Å². The summed E-state index contributed by atoms with van der Waals surface area (Å²) >= 11 is 0. The number of nitrogens with zero attached hydrogens (tertiary/aromatic N) is 1. The maximum Gasteiger partial charge on any atom is 0.0192 e. The highest BCUT2D eigenvalue weighted by molar-refractivity contribution is 4.76. The first-order valence-electron chi connectivity index (χ1n) is 7.95. The van der Waals surface area contributed by atoms with Crippen molar-refractivity contribution in [1.29, 1.82) is 0 Å². The minimum absolute atomic E-state index is 0.690. The minimum Gasteiger partial charge on any atom is -0.315 e. The van der Waals surface area contributed by atoms with Crippen molar-refractivity contribution in [2.45, 2.75) is 59.9 Å². The second-order valence-corrected chi connectivity index (χ2v) is 6.87. The van der Waals surface area contributed by atoms with Crippen LogP contribution in [0, 0.1) is 17.8 Å². The van der Waals surface area contributed by atoms with E-state index in [1.165, 1.54) is 32.4 Å². The molecule has 1 rings (SSSR count). The molecule has 1 N–H and O–H groups in total. The monoisotopic (exact) mass is 254 g/mol. The lowest BCUT2D eigenvalue weighted by atomic mass is 9.89. The van der Waals surface area contributed by atoms with Crippen molar-refractivity contribution in [1.82, 2.24) is 10.2 Å². The standard InChI is InChI=1S/C16H34N2/c1-13(2)11-17-12-15(5)18-9-6-7-16(8-10-18)14(3)4/h13-17H,6-12H2,1-5H3. The maximum absolute atomic E-state index is 3.59. The summed E-state index contributed by atoms with van der Waals surface area (Å²) in [6.07, 6.45) is 4.21. The van der Waals surface area contributed by atoms with Gasteiger partial charge in [0.1, 0.15) is 0 Å². The van der Waals surface area contributed by atoms with Crippen LogP contribution in [-0.4, -0.2) is 37.1 Å². The SMILES string of the molecule is CC(C)CNCC(C)N1CCCC(C(C)C)CC1. The number of rotatable bonds is 6. The molecule has 0 aromatic rings. The van der Waals surface area contributed by atoms with Gasteiger partial charge < -0.3 is 5.32 Å². The van der Waals surface area contributed by atoms with Crippen LogP contribution in [0.2, 0.25) is 0 Å². The molecule has 0 bridgehead atoms. The molecule has 0 amide bonds. The van der Waals surface area contributed by atoms with Gasteiger partial charge in [0.2, 0.25) is 0 Å². The average Bonchev–Trinajstić information content (AvgIpc) is 2.53. The van der Waals surface area contributed by atoms with Gasteiger partial charge in [-0.05, 0) is 63.6 Å². The highest BCUT2D eigenvalue weighted by atomic mass is 15.2. The van der Waals surface area contributed by atoms with Crippen LogP contribution < -0.4 is 5.32 Å². The predicted octanol–water partition coefficient (Wildman–Crippen LogP) is 3.38. The smallest absolute Gasteiger partial charge is 0.0192 e. The summed E-state index contributed by atoms with van der Waals surface area (Å²) in [6, 6.07) is 0.690. The predicted molar refractivity (Wildman–Crippen MR) is 80.9 cm³/mol. The first-order valence-corrected chi connectivity index (χ1v) is 7.95. The van der Waals surface area contributed by atoms with Gasteiger partial charge in [0.05, 0.1) is 0 Å². The first-order chi connectivity index (χ1) is 8.50. The Labute approximate surface area is 115 Å². The lowest BCUT2D eigenvalue weighted by molar-refractivity contribution is 0.205. The van der Waals surface area contributed by atoms with Crippen LogP contribution in [-0.2, 0) is 0 Å². The summed E-state index contributed by atoms with van der Waals surface area (Å²) in [5, 5.41) is 3.59. The van der Waals surface area contributed by atoms with Crippen molar-refractivity contribution in [2.75, 3.05) is 26.2 Å². The normalized spacial score (nSPS) is 24.5. The summed E-state index contributed by atoms with van der Waals surface area (Å²) in [6.45, 7) is 16.6. The lowest BCUT2D eigenvalue weighted by Gasteiger charge is -2.28. The van der Waals surface area contributed by atoms with Gasteiger partial charge in [0.25, 0.3) is 0 Å². The number of hydrogen-bond donors (Lipinski definition) is 1. The van der Waals surface area contributed by atoms with E-state index in [0.717, 1.165) is 30.8 Å². The van der Waals surface area contributed by atoms with Crippen molar-refractivity contribution >= 4 is 0 Å². The molecular weight excluding hydrogens is 220 g/mol. The molecule has 0 aromatic carbocycles. The summed E-state index contributed by atoms with van der Waals surface area (Å²) in [5.41, 5.74) is 0. The topological polar surface area (TPSA) is 15.3 Å². The van der Waals surface area contributed by atoms with Crippen LogP contribution in [0.1, 0.15) is 53.9 Å². The molecule has 0 saturated carbocycles. The fourth-order valence-corrected chi connectivity index (χ4v) is 2.96. The lowest BCUT2D eigenvalue weighted by Crippen LogP contribution is -2.41. The third-order valence-corrected chi connectivity index (χ3v) is 4.37. The molecule has 2 heteroatoms. The van der Waals surface area contributed by atoms with E-state index in [1.54, 1.807) is 0 Å². The number of hydrogen-bond acceptors (Lipinski definition) is 2. The van der Waals surface area contributed by atoms with E-state index < -0.39 is 0 Å². The van der Waals surface area contributed by atoms with Gasteiger partial charge >= 0.3 is 0 Å². The van der Waals surface area contributed by atoms with Gasteiger partial charge in [0, 0.05) is 12.6 Å². The Morgan fingerprint density at radius 1 is 1.00 bits per heavy atom. The third-order valence-electron chi connectivity index (χ3n) is 4.37. The number of likely N-dealkylation sites (tertiary alicyclic amines) is 1. The van der Waals surface area contributed by atoms with Gasteiger partial charge in [-0.15, -0.1) is 0 Å². The highest BCUT2D eigenvalue weighted by Crippen LogP contribution is 2.25. The Kier molecular flexibility index (Phi) is 7.25. The van der Waals surface area contributed by atoms with E-state index in [0.29, 0.717) is 6.04 Å². The Hall–Kier alpha value is -0.0800. The van der Waals surface area contributed by atoms with Crippen molar-refractivity contribution < 1.29 is 0 Å². The van der Waals surface area contributed by atoms with Gasteiger partial charge in [-0.2, -0.15) is 0 Å². The molecule has 2 nitrogen and oxygen atoms in total. The molecule has 0 spiro atoms. The van der Waals surface area contributed by atoms with Crippen LogP contribution in [0.4, 0.5) is 0 Å². The molecule has 1 aliphatic rings. The fraction of sp³-hybridized carbons (Fsp3) is 1.00. The molecule has 1 saturated heterocycles. The zero-order valence-corrected chi connectivity index (χ0v) is 13.2. The molecule has 1 aliphatic heterocycles. The van der Waals surface area contributed by atoms with Crippen LogP contribution >= 0.6 is 0 Å². The van der Waals surface area contributed by atoms with Crippen molar-refractivity contribution in [3.63, 3.8) is 0 Å². The summed E-state index contributed by atoms with van der Waals surface area (Å²) < 4.78 is 0. The van der Waals surface area contributed by atoms with Crippen molar-refractivity contribution in [3.05, 3.63) is 0 Å². The molecule has 2 unspecified atom stereocenters. The Morgan fingerprint density at radius 3 is 2.33 bits per heavy atom. The summed E-state index contributed by atoms with van der Waals surface area (Å²) in [4.78, 5) is 2.69. The maximum atomic E-state index is 3.59. The second-order valence-electron chi connectivity index (χ2n) is 6.87. The quantitative estimate of drug-likeness (QED) is 0.782. The van der Waals surface area contributed by atoms with Crippen LogP contribution in [0.5, 0.6) is 0 Å². The van der Waals surface area contributed by atoms with Crippen LogP contribution in [0.25, 0.3) is 0 Å². The Bertz CT molecular complexity index is 213. The van der Waals surface area contributed by atoms with E-state index in [1.807, 2.05) is 0 Å². The summed E-state index contributed by atoms with van der Waals surface area (Å²) in [5.74, 6) is 2.57. The minimum atomic E-state index is 0.690. The molecule has 2 atom stereocenters. The van der Waals surface area contributed by atoms with E-state index >= 15 is 0 Å². The highest BCUT2D eigenvalue weighted by Gasteiger charge is 2.21. The van der Waals surface area contributed by atoms with Gasteiger partial charge in [0.15, 0.2) is 0 Å². The van der Waals surface area contributed by atoms with Crippen molar-refractivity contribution in [2.24, 2.45) is 17.8 Å². The molecule has 108 valence electrons. The van der Waals surface area contributed by atoms with Gasteiger partial charge in [-0.25, -0.2) is 0 Å². The molecule has 0 radical (unpaired) electrons. The second kappa shape index (κ2) is 8.16. The van der Waals surface area contributed by atoms with Crippen molar-refractivity contribution in [3.8, 4) is 0 Å². The number of nitrogens with one attached hydrogen (secondary N) is 1. The summed E-state index contributed by atoms with van der Waals surface area (Å²) in [7, 11) is 0.